The average molecular weight is 1450 g/mol. The van der Waals surface area contributed by atoms with Crippen molar-refractivity contribution in [3.05, 3.63) is 195 Å². The molecule has 27 nitrogen and oxygen atoms in total. The zero-order chi connectivity index (χ0) is 76.1. The number of carbonyl (C=O) groups excluding carboxylic acids is 5. The quantitative estimate of drug-likeness (QED) is 0.00787. The van der Waals surface area contributed by atoms with E-state index < -0.39 is 289 Å². The maximum absolute atomic E-state index is 16.1. The standard InChI is InChI=1S/C59H50F15N15O12/c1-17(2)25-30(35(60)45(70)50(40(25)65)80-85-75)55(90)97-15-23(100-58(93)33-28(20(7)8)43(68)53(83-88-78)48(73)38(33)63)13-95-11-22(99-57(92)32-27(19(5)6)42(67)52(82-87-77)47(72)37(32)62)12-96-14-24(101-59(94)34-29(21(9)10)44(69)54(84-89-79)49(74)39(34)64)16-98-56(91)31-26(18(3)4)41(66)51(81-86-76)46(71)36(31)61/h17-24H,11-16H2,1-10H3. The molecule has 2 unspecified atom stereocenters. The minimum atomic E-state index is -2.40. The van der Waals surface area contributed by atoms with Gasteiger partial charge in [-0.1, -0.05) is 94.8 Å². The number of esters is 5. The Morgan fingerprint density at radius 2 is 0.446 bits per heavy atom. The van der Waals surface area contributed by atoms with Crippen molar-refractivity contribution in [1.82, 2.24) is 0 Å². The van der Waals surface area contributed by atoms with Crippen LogP contribution in [-0.4, -0.2) is 87.8 Å². The highest BCUT2D eigenvalue weighted by Gasteiger charge is 2.39. The van der Waals surface area contributed by atoms with E-state index in [2.05, 4.69) is 50.1 Å². The molecule has 0 radical (unpaired) electrons. The van der Waals surface area contributed by atoms with Crippen LogP contribution < -0.4 is 0 Å². The monoisotopic (exact) mass is 1450 g/mol. The molecule has 0 saturated heterocycles. The van der Waals surface area contributed by atoms with Crippen LogP contribution in [0.5, 0.6) is 0 Å². The molecule has 2 atom stereocenters. The number of nitrogens with zero attached hydrogens (tertiary/aromatic N) is 15. The van der Waals surface area contributed by atoms with Gasteiger partial charge in [-0.2, -0.15) is 0 Å². The molecular weight excluding hydrogens is 1400 g/mol. The number of benzene rings is 5. The van der Waals surface area contributed by atoms with Crippen molar-refractivity contribution in [2.45, 2.75) is 117 Å². The molecule has 5 aromatic rings. The maximum Gasteiger partial charge on any atom is 0.342 e. The zero-order valence-electron chi connectivity index (χ0n) is 53.6. The van der Waals surface area contributed by atoms with Gasteiger partial charge in [0.2, 0.25) is 0 Å². The second-order valence-electron chi connectivity index (χ2n) is 22.5. The number of hydrogen-bond acceptors (Lipinski definition) is 17. The lowest BCUT2D eigenvalue weighted by atomic mass is 9.94. The number of rotatable bonds is 30. The van der Waals surface area contributed by atoms with Crippen molar-refractivity contribution in [2.24, 2.45) is 25.6 Å². The van der Waals surface area contributed by atoms with Gasteiger partial charge in [-0.3, -0.25) is 0 Å². The molecule has 0 amide bonds. The highest BCUT2D eigenvalue weighted by molar-refractivity contribution is 5.95. The molecular formula is C59H50F15N15O12. The second-order valence-corrected chi connectivity index (χ2v) is 22.5. The lowest BCUT2D eigenvalue weighted by molar-refractivity contribution is -0.0791. The van der Waals surface area contributed by atoms with E-state index >= 15 is 65.9 Å². The highest BCUT2D eigenvalue weighted by Crippen LogP contribution is 2.42. The van der Waals surface area contributed by atoms with Gasteiger partial charge in [0.1, 0.15) is 105 Å². The van der Waals surface area contributed by atoms with Gasteiger partial charge in [-0.25, -0.2) is 89.8 Å². The van der Waals surface area contributed by atoms with E-state index in [0.717, 1.165) is 69.2 Å². The lowest BCUT2D eigenvalue weighted by Crippen LogP contribution is -2.36. The van der Waals surface area contributed by atoms with Crippen molar-refractivity contribution < 1.29 is 123 Å². The first-order valence-corrected chi connectivity index (χ1v) is 28.8. The fourth-order valence-corrected chi connectivity index (χ4v) is 9.82. The third kappa shape index (κ3) is 17.1. The number of halogens is 15. The summed E-state index contributed by atoms with van der Waals surface area (Å²) in [5, 5.41) is 13.8. The van der Waals surface area contributed by atoms with Gasteiger partial charge in [0, 0.05) is 52.4 Å². The van der Waals surface area contributed by atoms with Crippen LogP contribution in [0.3, 0.4) is 0 Å². The smallest absolute Gasteiger partial charge is 0.342 e. The van der Waals surface area contributed by atoms with Gasteiger partial charge in [-0.05, 0) is 57.2 Å². The molecule has 0 aliphatic carbocycles. The zero-order valence-corrected chi connectivity index (χ0v) is 53.6. The van der Waals surface area contributed by atoms with E-state index in [-0.39, 0.29) is 0 Å². The summed E-state index contributed by atoms with van der Waals surface area (Å²) >= 11 is 0. The van der Waals surface area contributed by atoms with E-state index in [1.807, 2.05) is 0 Å². The van der Waals surface area contributed by atoms with Crippen molar-refractivity contribution in [3.63, 3.8) is 0 Å². The van der Waals surface area contributed by atoms with Gasteiger partial charge < -0.3 is 33.2 Å². The van der Waals surface area contributed by atoms with Crippen molar-refractivity contribution in [1.29, 1.82) is 0 Å². The topological polar surface area (TPSA) is 394 Å². The molecule has 0 saturated carbocycles. The number of azide groups is 5. The summed E-state index contributed by atoms with van der Waals surface area (Å²) in [6, 6.07) is 0. The average Bonchev–Trinajstić information content (AvgIpc) is 0.803. The largest absolute Gasteiger partial charge is 0.458 e. The first-order chi connectivity index (χ1) is 47.4. The number of hydrogen-bond donors (Lipinski definition) is 0. The van der Waals surface area contributed by atoms with Crippen LogP contribution in [0.15, 0.2) is 25.6 Å². The first kappa shape index (κ1) is 80.6. The molecule has 538 valence electrons. The van der Waals surface area contributed by atoms with Crippen LogP contribution in [0.25, 0.3) is 52.2 Å². The summed E-state index contributed by atoms with van der Waals surface area (Å²) in [5.74, 6) is -48.4. The fraction of sp³-hybridized carbons (Fsp3) is 0.407. The molecule has 5 aromatic carbocycles. The van der Waals surface area contributed by atoms with Crippen LogP contribution in [0, 0.1) is 87.3 Å². The summed E-state index contributed by atoms with van der Waals surface area (Å²) in [6.07, 6.45) is -7.14. The van der Waals surface area contributed by atoms with Gasteiger partial charge >= 0.3 is 29.8 Å². The summed E-state index contributed by atoms with van der Waals surface area (Å²) in [7, 11) is 0. The summed E-state index contributed by atoms with van der Waals surface area (Å²) < 4.78 is 272. The number of ether oxygens (including phenoxy) is 7. The van der Waals surface area contributed by atoms with Gasteiger partial charge in [0.25, 0.3) is 0 Å². The molecule has 0 heterocycles. The number of carbonyl (C=O) groups is 5. The van der Waals surface area contributed by atoms with Crippen LogP contribution in [0.1, 0.15) is 178 Å². The molecule has 5 rings (SSSR count). The van der Waals surface area contributed by atoms with Gasteiger partial charge in [0.05, 0.1) is 26.4 Å². The van der Waals surface area contributed by atoms with Crippen molar-refractivity contribution in [2.75, 3.05) is 39.6 Å². The molecule has 42 heteroatoms. The van der Waals surface area contributed by atoms with Crippen LogP contribution in [0.2, 0.25) is 0 Å². The molecule has 0 aliphatic rings. The SMILES string of the molecule is CC(C)c1c(F)c(N=[N+]=[N-])c(F)c(F)c1C(=O)OCC(COCC(COCC(COC(=O)c1c(F)c(F)c(N=[N+]=[N-])c(F)c1C(C)C)OC(=O)c1c(F)c(F)c(N=[N+]=[N-])c(F)c1C(C)C)OC(=O)c1c(F)c(F)c(N=[N+]=[N-])c(F)c1C(C)C)OC(=O)c1c(F)c(F)c(N=[N+]=[N-])c(F)c1C(C)C. The Balaban J connectivity index is 1.68. The summed E-state index contributed by atoms with van der Waals surface area (Å²) in [4.78, 5) is 80.7. The Bertz CT molecular complexity index is 4220. The van der Waals surface area contributed by atoms with Crippen molar-refractivity contribution >= 4 is 58.3 Å². The Morgan fingerprint density at radius 1 is 0.277 bits per heavy atom. The summed E-state index contributed by atoms with van der Waals surface area (Å²) in [5.41, 5.74) is 23.8. The molecule has 0 bridgehead atoms. The van der Waals surface area contributed by atoms with E-state index in [4.69, 9.17) is 60.8 Å². The maximum atomic E-state index is 16.1. The first-order valence-electron chi connectivity index (χ1n) is 28.8. The summed E-state index contributed by atoms with van der Waals surface area (Å²) in [6.45, 7) is 2.46. The Morgan fingerprint density at radius 3 is 0.614 bits per heavy atom. The third-order valence-electron chi connectivity index (χ3n) is 14.1. The predicted molar refractivity (Wildman–Crippen MR) is 316 cm³/mol. The Kier molecular flexibility index (Phi) is 27.6. The van der Waals surface area contributed by atoms with Crippen molar-refractivity contribution in [3.8, 4) is 0 Å². The second kappa shape index (κ2) is 34.6. The highest BCUT2D eigenvalue weighted by atomic mass is 19.2. The molecule has 101 heavy (non-hydrogen) atoms. The predicted octanol–water partition coefficient (Wildman–Crippen LogP) is 18.8. The van der Waals surface area contributed by atoms with Crippen LogP contribution >= 0.6 is 0 Å². The van der Waals surface area contributed by atoms with E-state index in [1.54, 1.807) is 0 Å². The van der Waals surface area contributed by atoms with Gasteiger partial charge in [-0.15, -0.1) is 0 Å². The van der Waals surface area contributed by atoms with E-state index in [1.165, 1.54) is 0 Å². The molecule has 0 N–H and O–H groups in total. The Labute approximate surface area is 557 Å². The Hall–Kier alpha value is -11.1. The fourth-order valence-electron chi connectivity index (χ4n) is 9.82. The van der Waals surface area contributed by atoms with E-state index in [9.17, 15) is 24.0 Å². The van der Waals surface area contributed by atoms with Crippen LogP contribution in [0.4, 0.5) is 94.3 Å². The molecule has 0 aromatic heterocycles. The molecule has 0 fully saturated rings. The molecule has 0 spiro atoms. The third-order valence-corrected chi connectivity index (χ3v) is 14.1. The normalized spacial score (nSPS) is 12.1. The molecule has 0 aliphatic heterocycles. The minimum absolute atomic E-state index is 0.992. The minimum Gasteiger partial charge on any atom is -0.458 e. The van der Waals surface area contributed by atoms with Gasteiger partial charge in [0.15, 0.2) is 70.4 Å². The lowest BCUT2D eigenvalue weighted by Gasteiger charge is -2.25. The van der Waals surface area contributed by atoms with E-state index in [0.29, 0.717) is 0 Å². The van der Waals surface area contributed by atoms with Crippen LogP contribution in [-0.2, 0) is 33.2 Å².